The molecule has 1 N–H and O–H groups in total. The fourth-order valence-corrected chi connectivity index (χ4v) is 5.85. The first-order valence-corrected chi connectivity index (χ1v) is 12.8. The average molecular weight is 443 g/mol. The van der Waals surface area contributed by atoms with E-state index >= 15 is 0 Å². The maximum atomic E-state index is 13.1. The third kappa shape index (κ3) is 7.66. The number of aliphatic carboxylic acids is 1. The maximum Gasteiger partial charge on any atom is 0.308 e. The molecule has 2 aromatic rings. The zero-order valence-corrected chi connectivity index (χ0v) is 19.2. The minimum absolute atomic E-state index is 0.238. The molecule has 0 aliphatic carbocycles. The molecule has 2 atom stereocenters. The van der Waals surface area contributed by atoms with Crippen LogP contribution in [0.1, 0.15) is 61.0 Å². The summed E-state index contributed by atoms with van der Waals surface area (Å²) in [6.07, 6.45) is 7.28. The van der Waals surface area contributed by atoms with Gasteiger partial charge in [-0.3, -0.25) is 4.79 Å². The Bertz CT molecular complexity index is 918. The van der Waals surface area contributed by atoms with Crippen molar-refractivity contribution in [2.45, 2.75) is 57.1 Å². The number of carboxylic acid groups (broad SMARTS) is 1. The van der Waals surface area contributed by atoms with E-state index in [1.807, 2.05) is 42.5 Å². The van der Waals surface area contributed by atoms with E-state index in [1.165, 1.54) is 6.08 Å². The molecule has 31 heavy (non-hydrogen) atoms. The minimum atomic E-state index is -3.70. The van der Waals surface area contributed by atoms with Crippen molar-refractivity contribution in [1.82, 2.24) is 0 Å². The molecule has 2 aromatic carbocycles. The van der Waals surface area contributed by atoms with Gasteiger partial charge < -0.3 is 5.11 Å². The Morgan fingerprint density at radius 1 is 0.968 bits per heavy atom. The Balaban J connectivity index is 2.25. The van der Waals surface area contributed by atoms with Gasteiger partial charge in [-0.1, -0.05) is 80.4 Å². The number of rotatable bonds is 14. The second kappa shape index (κ2) is 12.5. The van der Waals surface area contributed by atoms with Crippen molar-refractivity contribution in [3.05, 3.63) is 83.9 Å². The first kappa shape index (κ1) is 24.9. The molecular weight excluding hydrogens is 408 g/mol. The molecule has 2 unspecified atom stereocenters. The van der Waals surface area contributed by atoms with Gasteiger partial charge in [0.1, 0.15) is 0 Å². The van der Waals surface area contributed by atoms with Crippen LogP contribution in [0.4, 0.5) is 0 Å². The van der Waals surface area contributed by atoms with Gasteiger partial charge >= 0.3 is 5.97 Å². The van der Waals surface area contributed by atoms with Crippen molar-refractivity contribution in [2.24, 2.45) is 5.92 Å². The van der Waals surface area contributed by atoms with Crippen molar-refractivity contribution >= 4 is 15.8 Å². The van der Waals surface area contributed by atoms with Crippen molar-refractivity contribution in [2.75, 3.05) is 5.75 Å². The number of carbonyl (C=O) groups is 1. The zero-order valence-electron chi connectivity index (χ0n) is 18.4. The summed E-state index contributed by atoms with van der Waals surface area (Å²) in [7, 11) is -3.70. The number of carboxylic acids is 1. The fourth-order valence-electron chi connectivity index (χ4n) is 3.99. The Hall–Kier alpha value is -2.40. The Morgan fingerprint density at radius 3 is 2.16 bits per heavy atom. The smallest absolute Gasteiger partial charge is 0.308 e. The predicted octanol–water partition coefficient (Wildman–Crippen LogP) is 5.78. The summed E-state index contributed by atoms with van der Waals surface area (Å²) in [5, 5.41) is 8.86. The number of hydrogen-bond donors (Lipinski definition) is 1. The average Bonchev–Trinajstić information content (AvgIpc) is 2.74. The molecule has 168 valence electrons. The number of hydrogen-bond acceptors (Lipinski definition) is 3. The maximum absolute atomic E-state index is 13.1. The molecule has 5 heteroatoms. The zero-order chi connectivity index (χ0) is 22.7. The third-order valence-corrected chi connectivity index (χ3v) is 7.70. The largest absolute Gasteiger partial charge is 0.481 e. The van der Waals surface area contributed by atoms with Gasteiger partial charge in [0, 0.05) is 0 Å². The monoisotopic (exact) mass is 442 g/mol. The molecule has 2 rings (SSSR count). The lowest BCUT2D eigenvalue weighted by atomic mass is 9.92. The molecule has 0 radical (unpaired) electrons. The number of benzene rings is 2. The van der Waals surface area contributed by atoms with Crippen LogP contribution in [-0.2, 0) is 27.5 Å². The second-order valence-electron chi connectivity index (χ2n) is 8.06. The fraction of sp³-hybridized carbons (Fsp3) is 0.423. The highest BCUT2D eigenvalue weighted by atomic mass is 32.2. The summed E-state index contributed by atoms with van der Waals surface area (Å²) in [5.41, 5.74) is 2.81. The number of sulfone groups is 1. The number of unbranched alkanes of at least 4 members (excludes halogenated alkanes) is 2. The highest BCUT2D eigenvalue weighted by Crippen LogP contribution is 2.35. The van der Waals surface area contributed by atoms with E-state index in [4.69, 9.17) is 0 Å². The lowest BCUT2D eigenvalue weighted by Gasteiger charge is -2.24. The van der Waals surface area contributed by atoms with E-state index in [2.05, 4.69) is 13.5 Å². The molecule has 0 spiro atoms. The van der Waals surface area contributed by atoms with E-state index in [0.29, 0.717) is 18.4 Å². The molecule has 0 aromatic heterocycles. The molecule has 0 bridgehead atoms. The van der Waals surface area contributed by atoms with Crippen LogP contribution >= 0.6 is 0 Å². The summed E-state index contributed by atoms with van der Waals surface area (Å²) in [6.45, 7) is 5.71. The van der Waals surface area contributed by atoms with Gasteiger partial charge in [0.2, 0.25) is 0 Å². The van der Waals surface area contributed by atoms with Crippen LogP contribution in [0.2, 0.25) is 0 Å². The van der Waals surface area contributed by atoms with Crippen molar-refractivity contribution in [1.29, 1.82) is 0 Å². The van der Waals surface area contributed by atoms with E-state index in [0.717, 1.165) is 43.2 Å². The lowest BCUT2D eigenvalue weighted by molar-refractivity contribution is -0.142. The highest BCUT2D eigenvalue weighted by Gasteiger charge is 2.38. The van der Waals surface area contributed by atoms with Crippen LogP contribution in [0.5, 0.6) is 0 Å². The van der Waals surface area contributed by atoms with E-state index in [9.17, 15) is 18.3 Å². The molecule has 0 saturated carbocycles. The van der Waals surface area contributed by atoms with E-state index in [-0.39, 0.29) is 5.75 Å². The first-order chi connectivity index (χ1) is 14.9. The molecular formula is C26H34O4S. The molecule has 0 heterocycles. The van der Waals surface area contributed by atoms with Gasteiger partial charge in [-0.05, 0) is 48.8 Å². The van der Waals surface area contributed by atoms with E-state index in [1.54, 1.807) is 12.1 Å². The van der Waals surface area contributed by atoms with E-state index < -0.39 is 27.0 Å². The topological polar surface area (TPSA) is 71.4 Å². The summed E-state index contributed by atoms with van der Waals surface area (Å²) in [5.74, 6) is -2.31. The molecule has 0 saturated heterocycles. The third-order valence-electron chi connectivity index (χ3n) is 5.62. The van der Waals surface area contributed by atoms with Gasteiger partial charge in [0.25, 0.3) is 0 Å². The van der Waals surface area contributed by atoms with Crippen molar-refractivity contribution in [3.8, 4) is 0 Å². The van der Waals surface area contributed by atoms with Gasteiger partial charge in [-0.2, -0.15) is 0 Å². The standard InChI is InChI=1S/C26H34O4S/c1-3-5-7-11-22-16-18-23(19-17-22)25(31(29,30)20-4-2)24(26(27)28)15-10-14-21-12-8-6-9-13-21/h4,6,8-9,12-13,16-19,24-25H,2-3,5,7,10-11,14-15,20H2,1H3,(H,27,28). The Labute approximate surface area is 186 Å². The normalized spacial score (nSPS) is 13.5. The van der Waals surface area contributed by atoms with Gasteiger partial charge in [-0.15, -0.1) is 6.58 Å². The quantitative estimate of drug-likeness (QED) is 0.297. The predicted molar refractivity (Wildman–Crippen MR) is 127 cm³/mol. The van der Waals surface area contributed by atoms with Crippen molar-refractivity contribution < 1.29 is 18.3 Å². The van der Waals surface area contributed by atoms with Gasteiger partial charge in [-0.25, -0.2) is 8.42 Å². The summed E-state index contributed by atoms with van der Waals surface area (Å²) >= 11 is 0. The second-order valence-corrected chi connectivity index (χ2v) is 10.2. The number of aryl methyl sites for hydroxylation is 2. The van der Waals surface area contributed by atoms with Crippen LogP contribution in [0.15, 0.2) is 67.3 Å². The molecule has 0 aliphatic rings. The first-order valence-electron chi connectivity index (χ1n) is 11.1. The molecule has 0 aliphatic heterocycles. The molecule has 0 amide bonds. The summed E-state index contributed by atoms with van der Waals surface area (Å²) in [6, 6.07) is 17.3. The minimum Gasteiger partial charge on any atom is -0.481 e. The van der Waals surface area contributed by atoms with Crippen LogP contribution in [0.25, 0.3) is 0 Å². The Morgan fingerprint density at radius 2 is 1.58 bits per heavy atom. The highest BCUT2D eigenvalue weighted by molar-refractivity contribution is 7.91. The summed E-state index contributed by atoms with van der Waals surface area (Å²) < 4.78 is 26.1. The van der Waals surface area contributed by atoms with Crippen LogP contribution < -0.4 is 0 Å². The van der Waals surface area contributed by atoms with Crippen LogP contribution in [0.3, 0.4) is 0 Å². The van der Waals surface area contributed by atoms with Crippen LogP contribution in [-0.4, -0.2) is 25.2 Å². The lowest BCUT2D eigenvalue weighted by Crippen LogP contribution is -2.29. The van der Waals surface area contributed by atoms with Gasteiger partial charge in [0.05, 0.1) is 16.9 Å². The molecule has 4 nitrogen and oxygen atoms in total. The summed E-state index contributed by atoms with van der Waals surface area (Å²) in [4.78, 5) is 12.2. The van der Waals surface area contributed by atoms with Crippen LogP contribution in [0, 0.1) is 5.92 Å². The molecule has 0 fully saturated rings. The Kier molecular flexibility index (Phi) is 9.99. The van der Waals surface area contributed by atoms with Gasteiger partial charge in [0.15, 0.2) is 9.84 Å². The SMILES string of the molecule is C=CCS(=O)(=O)C(c1ccc(CCCCC)cc1)C(CCCc1ccccc1)C(=O)O. The van der Waals surface area contributed by atoms with Crippen molar-refractivity contribution in [3.63, 3.8) is 0 Å².